The maximum Gasteiger partial charge on any atom is 0.0988 e. The van der Waals surface area contributed by atoms with Crippen molar-refractivity contribution in [2.75, 3.05) is 19.8 Å². The van der Waals surface area contributed by atoms with E-state index in [1.807, 2.05) is 18.2 Å². The van der Waals surface area contributed by atoms with Crippen LogP contribution in [0.3, 0.4) is 0 Å². The van der Waals surface area contributed by atoms with E-state index >= 15 is 0 Å². The Labute approximate surface area is 209 Å². The van der Waals surface area contributed by atoms with Crippen molar-refractivity contribution >= 4 is 0 Å². The molecule has 1 aromatic rings. The Hall–Kier alpha value is -1.20. The quantitative estimate of drug-likeness (QED) is 0.164. The molecule has 1 heterocycles. The summed E-state index contributed by atoms with van der Waals surface area (Å²) in [6.07, 6.45) is 21.6. The molecule has 3 atom stereocenters. The Bertz CT molecular complexity index is 621. The fourth-order valence-corrected chi connectivity index (χ4v) is 4.82. The number of rotatable bonds is 20. The largest absolute Gasteiger partial charge is 0.389 e. The highest BCUT2D eigenvalue weighted by Gasteiger charge is 2.39. The summed E-state index contributed by atoms with van der Waals surface area (Å²) in [6, 6.07) is 10.1. The lowest BCUT2D eigenvalue weighted by molar-refractivity contribution is 0.000767. The minimum Gasteiger partial charge on any atom is -0.389 e. The molecule has 0 amide bonds. The summed E-state index contributed by atoms with van der Waals surface area (Å²) in [6.45, 7) is 4.72. The third kappa shape index (κ3) is 12.5. The number of β-amino-alcohol motifs (C(OH)–C–C–N with tert-alkyl or cyclic N) is 1. The number of aliphatic hydroxyl groups excluding tert-OH is 2. The first kappa shape index (κ1) is 29.0. The van der Waals surface area contributed by atoms with Gasteiger partial charge in [0, 0.05) is 19.7 Å². The molecule has 0 saturated carbocycles. The van der Waals surface area contributed by atoms with Crippen molar-refractivity contribution in [1.29, 1.82) is 0 Å². The molecule has 2 N–H and O–H groups in total. The number of nitrogens with zero attached hydrogens (tertiary/aromatic N) is 1. The van der Waals surface area contributed by atoms with Gasteiger partial charge in [-0.1, -0.05) is 107 Å². The van der Waals surface area contributed by atoms with E-state index in [0.717, 1.165) is 19.6 Å². The molecule has 1 fully saturated rings. The van der Waals surface area contributed by atoms with Crippen LogP contribution in [0.25, 0.3) is 0 Å². The summed E-state index contributed by atoms with van der Waals surface area (Å²) in [7, 11) is 0. The number of likely N-dealkylation sites (tertiary alicyclic amines) is 1. The van der Waals surface area contributed by atoms with E-state index in [-0.39, 0.29) is 6.04 Å². The van der Waals surface area contributed by atoms with Gasteiger partial charge in [-0.05, 0) is 37.7 Å². The summed E-state index contributed by atoms with van der Waals surface area (Å²) < 4.78 is 5.90. The van der Waals surface area contributed by atoms with Gasteiger partial charge < -0.3 is 14.9 Å². The van der Waals surface area contributed by atoms with Crippen LogP contribution in [0.2, 0.25) is 0 Å². The van der Waals surface area contributed by atoms with Gasteiger partial charge in [-0.25, -0.2) is 0 Å². The molecule has 2 rings (SSSR count). The Balaban J connectivity index is 1.41. The van der Waals surface area contributed by atoms with Crippen molar-refractivity contribution < 1.29 is 14.9 Å². The van der Waals surface area contributed by atoms with Crippen molar-refractivity contribution in [3.63, 3.8) is 0 Å². The van der Waals surface area contributed by atoms with Gasteiger partial charge in [0.25, 0.3) is 0 Å². The molecule has 0 bridgehead atoms. The third-order valence-corrected chi connectivity index (χ3v) is 7.00. The zero-order chi connectivity index (χ0) is 24.3. The van der Waals surface area contributed by atoms with Gasteiger partial charge in [-0.15, -0.1) is 0 Å². The third-order valence-electron chi connectivity index (χ3n) is 7.00. The number of aliphatic hydroxyl groups is 2. The van der Waals surface area contributed by atoms with Crippen molar-refractivity contribution in [3.8, 4) is 0 Å². The Kier molecular flexibility index (Phi) is 16.3. The highest BCUT2D eigenvalue weighted by molar-refractivity contribution is 5.15. The number of benzene rings is 1. The lowest BCUT2D eigenvalue weighted by Crippen LogP contribution is -2.39. The number of hydrogen-bond acceptors (Lipinski definition) is 4. The van der Waals surface area contributed by atoms with Crippen LogP contribution in [-0.4, -0.2) is 53.1 Å². The van der Waals surface area contributed by atoms with Crippen LogP contribution < -0.4 is 0 Å². The van der Waals surface area contributed by atoms with E-state index in [1.54, 1.807) is 0 Å². The lowest BCUT2D eigenvalue weighted by atomic mass is 10.1. The molecular weight excluding hydrogens is 422 g/mol. The van der Waals surface area contributed by atoms with E-state index < -0.39 is 12.2 Å². The monoisotopic (exact) mass is 473 g/mol. The fraction of sp³-hybridized carbons (Fsp3) is 0.733. The molecule has 4 nitrogen and oxygen atoms in total. The van der Waals surface area contributed by atoms with Crippen molar-refractivity contribution in [3.05, 3.63) is 48.0 Å². The lowest BCUT2D eigenvalue weighted by Gasteiger charge is -2.25. The van der Waals surface area contributed by atoms with Gasteiger partial charge in [-0.2, -0.15) is 0 Å². The second-order valence-electron chi connectivity index (χ2n) is 10.1. The summed E-state index contributed by atoms with van der Waals surface area (Å²) in [5.74, 6) is 0. The fourth-order valence-electron chi connectivity index (χ4n) is 4.82. The van der Waals surface area contributed by atoms with Crippen molar-refractivity contribution in [2.24, 2.45) is 0 Å². The van der Waals surface area contributed by atoms with Crippen LogP contribution >= 0.6 is 0 Å². The van der Waals surface area contributed by atoms with Gasteiger partial charge in [0.15, 0.2) is 0 Å². The molecule has 0 radical (unpaired) electrons. The zero-order valence-electron chi connectivity index (χ0n) is 21.8. The van der Waals surface area contributed by atoms with E-state index in [0.29, 0.717) is 13.2 Å². The molecule has 0 spiro atoms. The standard InChI is InChI=1S/C30H51NO3/c1-2-3-4-5-6-7-8-9-10-11-12-13-14-15-16-20-23-34-26-28-30(33)29(32)25-31(28)24-27-21-18-17-19-22-27/h9-10,17-19,21-22,28-30,32-33H,2-8,11-16,20,23-26H2,1H3/b10-9-/t28-,29+,30-/m1/s1. The molecule has 1 saturated heterocycles. The summed E-state index contributed by atoms with van der Waals surface area (Å²) in [5.41, 5.74) is 1.20. The second-order valence-corrected chi connectivity index (χ2v) is 10.1. The Morgan fingerprint density at radius 3 is 2.06 bits per heavy atom. The molecule has 0 unspecified atom stereocenters. The van der Waals surface area contributed by atoms with Gasteiger partial charge in [0.1, 0.15) is 0 Å². The highest BCUT2D eigenvalue weighted by atomic mass is 16.5. The average Bonchev–Trinajstić information content (AvgIpc) is 3.11. The first-order chi connectivity index (χ1) is 16.7. The molecule has 1 aliphatic rings. The molecule has 1 aromatic carbocycles. The molecule has 4 heteroatoms. The van der Waals surface area contributed by atoms with E-state index in [2.05, 4.69) is 36.1 Å². The smallest absolute Gasteiger partial charge is 0.0988 e. The molecule has 0 aromatic heterocycles. The highest BCUT2D eigenvalue weighted by Crippen LogP contribution is 2.22. The number of allylic oxidation sites excluding steroid dienone is 2. The van der Waals surface area contributed by atoms with Crippen molar-refractivity contribution in [1.82, 2.24) is 4.90 Å². The number of hydrogen-bond donors (Lipinski definition) is 2. The van der Waals surface area contributed by atoms with E-state index in [9.17, 15) is 10.2 Å². The molecule has 0 aliphatic carbocycles. The predicted molar refractivity (Wildman–Crippen MR) is 143 cm³/mol. The van der Waals surface area contributed by atoms with Gasteiger partial charge in [0.2, 0.25) is 0 Å². The van der Waals surface area contributed by atoms with E-state index in [4.69, 9.17) is 4.74 Å². The van der Waals surface area contributed by atoms with Gasteiger partial charge in [-0.3, -0.25) is 4.90 Å². The first-order valence-electron chi connectivity index (χ1n) is 14.1. The molecule has 1 aliphatic heterocycles. The SMILES string of the molecule is CCCCCCCC/C=C\CCCCCCCCOC[C@@H]1[C@@H](O)[C@@H](O)CN1Cc1ccccc1. The minimum atomic E-state index is -0.733. The van der Waals surface area contributed by atoms with Crippen molar-refractivity contribution in [2.45, 2.75) is 122 Å². The van der Waals surface area contributed by atoms with Crippen LogP contribution in [0.4, 0.5) is 0 Å². The molecule has 34 heavy (non-hydrogen) atoms. The maximum atomic E-state index is 10.4. The summed E-state index contributed by atoms with van der Waals surface area (Å²) >= 11 is 0. The molecule has 194 valence electrons. The average molecular weight is 474 g/mol. The van der Waals surface area contributed by atoms with Crippen LogP contribution in [-0.2, 0) is 11.3 Å². The normalized spacial score (nSPS) is 21.1. The van der Waals surface area contributed by atoms with Crippen LogP contribution in [0.5, 0.6) is 0 Å². The van der Waals surface area contributed by atoms with Gasteiger partial charge in [0.05, 0.1) is 24.9 Å². The molecular formula is C30H51NO3. The predicted octanol–water partition coefficient (Wildman–Crippen LogP) is 6.65. The Morgan fingerprint density at radius 2 is 1.41 bits per heavy atom. The van der Waals surface area contributed by atoms with Crippen LogP contribution in [0.15, 0.2) is 42.5 Å². The minimum absolute atomic E-state index is 0.135. The van der Waals surface area contributed by atoms with Crippen LogP contribution in [0.1, 0.15) is 102 Å². The van der Waals surface area contributed by atoms with Crippen LogP contribution in [0, 0.1) is 0 Å². The summed E-state index contributed by atoms with van der Waals surface area (Å²) in [5, 5.41) is 20.5. The second kappa shape index (κ2) is 19.0. The van der Waals surface area contributed by atoms with Gasteiger partial charge >= 0.3 is 0 Å². The Morgan fingerprint density at radius 1 is 0.824 bits per heavy atom. The maximum absolute atomic E-state index is 10.4. The van der Waals surface area contributed by atoms with E-state index in [1.165, 1.54) is 89.0 Å². The first-order valence-corrected chi connectivity index (χ1v) is 14.1. The summed E-state index contributed by atoms with van der Waals surface area (Å²) in [4.78, 5) is 2.15. The number of unbranched alkanes of at least 4 members (excludes halogenated alkanes) is 12. The topological polar surface area (TPSA) is 52.9 Å². The number of ether oxygens (including phenoxy) is 1. The zero-order valence-corrected chi connectivity index (χ0v) is 21.8.